The second-order valence-electron chi connectivity index (χ2n) is 3.63. The summed E-state index contributed by atoms with van der Waals surface area (Å²) in [4.78, 5) is 0. The summed E-state index contributed by atoms with van der Waals surface area (Å²) in [6, 6.07) is 5.19. The van der Waals surface area contributed by atoms with Crippen LogP contribution in [0.25, 0.3) is 0 Å². The van der Waals surface area contributed by atoms with E-state index in [2.05, 4.69) is 0 Å². The second-order valence-corrected chi connectivity index (χ2v) is 5.53. The van der Waals surface area contributed by atoms with E-state index in [1.807, 2.05) is 0 Å². The fraction of sp³-hybridized carbons (Fsp3) is 0.455. The highest BCUT2D eigenvalue weighted by Crippen LogP contribution is 2.26. The van der Waals surface area contributed by atoms with Gasteiger partial charge in [-0.25, -0.2) is 8.42 Å². The number of methoxy groups -OCH3 is 1. The van der Waals surface area contributed by atoms with Crippen LogP contribution in [0.5, 0.6) is 5.75 Å². The lowest BCUT2D eigenvalue weighted by Crippen LogP contribution is -2.30. The van der Waals surface area contributed by atoms with E-state index in [0.29, 0.717) is 18.0 Å². The zero-order chi connectivity index (χ0) is 13.1. The molecule has 1 aromatic rings. The number of anilines is 1. The third kappa shape index (κ3) is 3.76. The molecule has 0 amide bonds. The monoisotopic (exact) mass is 294 g/mol. The van der Waals surface area contributed by atoms with Crippen LogP contribution >= 0.6 is 12.4 Å². The molecule has 0 saturated carbocycles. The standard InChI is InChI=1S/C11H18N2O3S.ClH/c1-4-13(17(3,14)15)11-6-5-10(16-2)7-9(11)8-12;/h5-7H,4,8,12H2,1-3H3;1H. The summed E-state index contributed by atoms with van der Waals surface area (Å²) in [5.74, 6) is 0.666. The number of nitrogens with two attached hydrogens (primary N) is 1. The van der Waals surface area contributed by atoms with Crippen molar-refractivity contribution in [3.63, 3.8) is 0 Å². The molecule has 1 aromatic carbocycles. The van der Waals surface area contributed by atoms with Crippen LogP contribution in [0.2, 0.25) is 0 Å². The first-order valence-electron chi connectivity index (χ1n) is 5.28. The fourth-order valence-corrected chi connectivity index (χ4v) is 2.68. The van der Waals surface area contributed by atoms with Crippen molar-refractivity contribution in [2.75, 3.05) is 24.2 Å². The fourth-order valence-electron chi connectivity index (χ4n) is 1.68. The van der Waals surface area contributed by atoms with Crippen LogP contribution in [0.3, 0.4) is 0 Å². The van der Waals surface area contributed by atoms with E-state index in [0.717, 1.165) is 5.56 Å². The maximum Gasteiger partial charge on any atom is 0.232 e. The lowest BCUT2D eigenvalue weighted by atomic mass is 10.1. The van der Waals surface area contributed by atoms with E-state index >= 15 is 0 Å². The van der Waals surface area contributed by atoms with E-state index in [1.54, 1.807) is 32.2 Å². The van der Waals surface area contributed by atoms with Crippen molar-refractivity contribution in [1.82, 2.24) is 0 Å². The van der Waals surface area contributed by atoms with Crippen molar-refractivity contribution in [3.8, 4) is 5.75 Å². The van der Waals surface area contributed by atoms with Crippen LogP contribution in [-0.2, 0) is 16.6 Å². The van der Waals surface area contributed by atoms with Crippen molar-refractivity contribution in [3.05, 3.63) is 23.8 Å². The van der Waals surface area contributed by atoms with E-state index < -0.39 is 10.0 Å². The summed E-state index contributed by atoms with van der Waals surface area (Å²) in [5, 5.41) is 0. The molecule has 0 aliphatic rings. The third-order valence-corrected chi connectivity index (χ3v) is 3.72. The summed E-state index contributed by atoms with van der Waals surface area (Å²) < 4.78 is 29.7. The van der Waals surface area contributed by atoms with Gasteiger partial charge in [-0.2, -0.15) is 0 Å². The molecule has 1 rings (SSSR count). The quantitative estimate of drug-likeness (QED) is 0.890. The minimum absolute atomic E-state index is 0. The van der Waals surface area contributed by atoms with E-state index in [1.165, 1.54) is 10.6 Å². The molecule has 0 fully saturated rings. The van der Waals surface area contributed by atoms with Gasteiger partial charge in [0, 0.05) is 13.1 Å². The Morgan fingerprint density at radius 1 is 1.39 bits per heavy atom. The highest BCUT2D eigenvalue weighted by atomic mass is 35.5. The molecule has 0 heterocycles. The molecular formula is C11H19ClN2O3S. The first kappa shape index (κ1) is 17.0. The van der Waals surface area contributed by atoms with Gasteiger partial charge in [-0.15, -0.1) is 12.4 Å². The number of hydrogen-bond donors (Lipinski definition) is 1. The second kappa shape index (κ2) is 6.82. The first-order valence-corrected chi connectivity index (χ1v) is 7.13. The van der Waals surface area contributed by atoms with Crippen molar-refractivity contribution in [1.29, 1.82) is 0 Å². The van der Waals surface area contributed by atoms with Crippen molar-refractivity contribution < 1.29 is 13.2 Å². The zero-order valence-corrected chi connectivity index (χ0v) is 12.3. The summed E-state index contributed by atoms with van der Waals surface area (Å²) in [6.07, 6.45) is 1.18. The van der Waals surface area contributed by atoms with Crippen LogP contribution in [0.1, 0.15) is 12.5 Å². The molecular weight excluding hydrogens is 276 g/mol. The third-order valence-electron chi connectivity index (χ3n) is 2.46. The molecule has 0 saturated heterocycles. The molecule has 0 aliphatic carbocycles. The van der Waals surface area contributed by atoms with Gasteiger partial charge in [0.05, 0.1) is 19.1 Å². The number of halogens is 1. The number of nitrogens with zero attached hydrogens (tertiary/aromatic N) is 1. The molecule has 5 nitrogen and oxygen atoms in total. The Hall–Kier alpha value is -0.980. The van der Waals surface area contributed by atoms with Gasteiger partial charge in [-0.05, 0) is 30.7 Å². The lowest BCUT2D eigenvalue weighted by Gasteiger charge is -2.23. The van der Waals surface area contributed by atoms with E-state index in [4.69, 9.17) is 10.5 Å². The molecule has 0 aliphatic heterocycles. The topological polar surface area (TPSA) is 72.6 Å². The Morgan fingerprint density at radius 3 is 2.39 bits per heavy atom. The van der Waals surface area contributed by atoms with Crippen molar-refractivity contribution >= 4 is 28.1 Å². The highest BCUT2D eigenvalue weighted by Gasteiger charge is 2.18. The maximum absolute atomic E-state index is 11.6. The summed E-state index contributed by atoms with van der Waals surface area (Å²) in [5.41, 5.74) is 6.99. The molecule has 0 aromatic heterocycles. The van der Waals surface area contributed by atoms with Gasteiger partial charge in [-0.3, -0.25) is 4.31 Å². The average Bonchev–Trinajstić information content (AvgIpc) is 2.28. The van der Waals surface area contributed by atoms with E-state index in [-0.39, 0.29) is 19.0 Å². The van der Waals surface area contributed by atoms with Gasteiger partial charge >= 0.3 is 0 Å². The van der Waals surface area contributed by atoms with Crippen LogP contribution in [0.4, 0.5) is 5.69 Å². The molecule has 7 heteroatoms. The maximum atomic E-state index is 11.6. The molecule has 0 bridgehead atoms. The first-order chi connectivity index (χ1) is 7.93. The number of ether oxygens (including phenoxy) is 1. The van der Waals surface area contributed by atoms with Crippen molar-refractivity contribution in [2.24, 2.45) is 5.73 Å². The Kier molecular flexibility index (Phi) is 6.45. The molecule has 104 valence electrons. The Balaban J connectivity index is 0.00000289. The van der Waals surface area contributed by atoms with Gasteiger partial charge in [0.15, 0.2) is 0 Å². The van der Waals surface area contributed by atoms with Crippen LogP contribution in [0, 0.1) is 0 Å². The smallest absolute Gasteiger partial charge is 0.232 e. The van der Waals surface area contributed by atoms with Crippen LogP contribution in [0.15, 0.2) is 18.2 Å². The van der Waals surface area contributed by atoms with Gasteiger partial charge in [0.25, 0.3) is 0 Å². The summed E-state index contributed by atoms with van der Waals surface area (Å²) >= 11 is 0. The summed E-state index contributed by atoms with van der Waals surface area (Å²) in [6.45, 7) is 2.42. The molecule has 0 radical (unpaired) electrons. The molecule has 0 unspecified atom stereocenters. The predicted molar refractivity (Wildman–Crippen MR) is 76.0 cm³/mol. The number of hydrogen-bond acceptors (Lipinski definition) is 4. The SMILES string of the molecule is CCN(c1ccc(OC)cc1CN)S(C)(=O)=O.Cl. The predicted octanol–water partition coefficient (Wildman–Crippen LogP) is 1.36. The lowest BCUT2D eigenvalue weighted by molar-refractivity contribution is 0.414. The number of rotatable bonds is 5. The Bertz CT molecular complexity index is 491. The van der Waals surface area contributed by atoms with Gasteiger partial charge in [0.2, 0.25) is 10.0 Å². The number of benzene rings is 1. The molecule has 2 N–H and O–H groups in total. The van der Waals surface area contributed by atoms with Gasteiger partial charge in [-0.1, -0.05) is 0 Å². The van der Waals surface area contributed by atoms with Gasteiger partial charge < -0.3 is 10.5 Å². The average molecular weight is 295 g/mol. The van der Waals surface area contributed by atoms with Gasteiger partial charge in [0.1, 0.15) is 5.75 Å². The molecule has 0 atom stereocenters. The number of sulfonamides is 1. The molecule has 18 heavy (non-hydrogen) atoms. The summed E-state index contributed by atoms with van der Waals surface area (Å²) in [7, 11) is -1.72. The highest BCUT2D eigenvalue weighted by molar-refractivity contribution is 7.92. The largest absolute Gasteiger partial charge is 0.497 e. The molecule has 0 spiro atoms. The minimum Gasteiger partial charge on any atom is -0.497 e. The van der Waals surface area contributed by atoms with E-state index in [9.17, 15) is 8.42 Å². The Morgan fingerprint density at radius 2 is 2.00 bits per heavy atom. The van der Waals surface area contributed by atoms with Crippen molar-refractivity contribution in [2.45, 2.75) is 13.5 Å². The Labute approximate surface area is 114 Å². The van der Waals surface area contributed by atoms with Crippen LogP contribution < -0.4 is 14.8 Å². The normalized spacial score (nSPS) is 10.7. The minimum atomic E-state index is -3.28. The van der Waals surface area contributed by atoms with Crippen LogP contribution in [-0.4, -0.2) is 28.3 Å². The zero-order valence-electron chi connectivity index (χ0n) is 10.7.